The lowest BCUT2D eigenvalue weighted by molar-refractivity contribution is -0.231. The summed E-state index contributed by atoms with van der Waals surface area (Å²) in [5.41, 5.74) is -0.212. The van der Waals surface area contributed by atoms with E-state index < -0.39 is 11.0 Å². The fourth-order valence-corrected chi connectivity index (χ4v) is 11.3. The van der Waals surface area contributed by atoms with Crippen LogP contribution in [0.1, 0.15) is 225 Å². The van der Waals surface area contributed by atoms with E-state index in [1.54, 1.807) is 18.2 Å². The van der Waals surface area contributed by atoms with Crippen molar-refractivity contribution in [1.29, 1.82) is 0 Å². The average Bonchev–Trinajstić information content (AvgIpc) is 3.81. The molecule has 2 unspecified atom stereocenters. The van der Waals surface area contributed by atoms with Crippen LogP contribution in [0.25, 0.3) is 0 Å². The van der Waals surface area contributed by atoms with E-state index in [2.05, 4.69) is 48.5 Å². The second kappa shape index (κ2) is 25.3. The summed E-state index contributed by atoms with van der Waals surface area (Å²) in [4.78, 5) is 37.4. The third kappa shape index (κ3) is 14.6. The number of benzene rings is 2. The molecule has 0 amide bonds. The second-order valence-corrected chi connectivity index (χ2v) is 25.3. The maximum absolute atomic E-state index is 12.8. The molecule has 0 aliphatic heterocycles. The van der Waals surface area contributed by atoms with Gasteiger partial charge in [0.1, 0.15) is 22.6 Å². The lowest BCUT2D eigenvalue weighted by Crippen LogP contribution is -2.63. The first-order chi connectivity index (χ1) is 32.5. The van der Waals surface area contributed by atoms with Crippen molar-refractivity contribution < 1.29 is 43.5 Å². The molecule has 0 saturated heterocycles. The summed E-state index contributed by atoms with van der Waals surface area (Å²) in [6.07, 6.45) is 15.3. The molecule has 7 rings (SSSR count). The zero-order valence-corrected chi connectivity index (χ0v) is 49.2. The maximum Gasteiger partial charge on any atom is 0.312 e. The van der Waals surface area contributed by atoms with Gasteiger partial charge in [0, 0.05) is 5.56 Å². The highest BCUT2D eigenvalue weighted by atomic mass is 127. The smallest absolute Gasteiger partial charge is 0.312 e. The number of halogens is 1. The van der Waals surface area contributed by atoms with E-state index in [1.807, 2.05) is 110 Å². The van der Waals surface area contributed by atoms with Gasteiger partial charge in [-0.05, 0) is 232 Å². The molecule has 5 fully saturated rings. The molecule has 0 radical (unpaired) electrons. The minimum Gasteiger partial charge on any atom is -0.508 e. The number of aromatic hydroxyl groups is 2. The number of carbonyl (C=O) groups is 3. The third-order valence-electron chi connectivity index (χ3n) is 17.6. The van der Waals surface area contributed by atoms with E-state index in [4.69, 9.17) is 24.1 Å². The van der Waals surface area contributed by atoms with E-state index >= 15 is 0 Å². The van der Waals surface area contributed by atoms with E-state index in [-0.39, 0.29) is 45.7 Å². The first-order valence-corrected chi connectivity index (χ1v) is 28.1. The molecular weight excluding hydrogens is 992 g/mol. The van der Waals surface area contributed by atoms with Gasteiger partial charge in [-0.3, -0.25) is 14.4 Å². The molecular formula is C60H97IO9. The lowest BCUT2D eigenvalue weighted by Gasteiger charge is -2.62. The van der Waals surface area contributed by atoms with Crippen molar-refractivity contribution in [3.05, 3.63) is 51.1 Å². The lowest BCUT2D eigenvalue weighted by atomic mass is 9.47. The Bertz CT molecular complexity index is 1960. The Kier molecular flexibility index (Phi) is 22.1. The molecule has 5 aliphatic carbocycles. The molecule has 2 atom stereocenters. The Balaban J connectivity index is 0.000000254. The molecule has 5 aliphatic rings. The molecule has 0 aromatic heterocycles. The summed E-state index contributed by atoms with van der Waals surface area (Å²) in [5.74, 6) is 5.13. The third-order valence-corrected chi connectivity index (χ3v) is 18.4. The van der Waals surface area contributed by atoms with Crippen molar-refractivity contribution in [2.45, 2.75) is 230 Å². The van der Waals surface area contributed by atoms with Crippen molar-refractivity contribution in [1.82, 2.24) is 0 Å². The normalized spacial score (nSPS) is 23.6. The predicted octanol–water partition coefficient (Wildman–Crippen LogP) is 16.3. The highest BCUT2D eigenvalue weighted by Gasteiger charge is 2.61. The zero-order valence-electron chi connectivity index (χ0n) is 47.0. The monoisotopic (exact) mass is 1090 g/mol. The Hall–Kier alpha value is -3.02. The number of rotatable bonds is 16. The number of ether oxygens (including phenoxy) is 4. The molecule has 5 saturated carbocycles. The number of phenolic OH excluding ortho intramolecular Hbond substituents is 2. The van der Waals surface area contributed by atoms with Crippen LogP contribution in [0, 0.1) is 55.3 Å². The molecule has 4 bridgehead atoms. The Labute approximate surface area is 439 Å². The van der Waals surface area contributed by atoms with Crippen LogP contribution in [-0.4, -0.2) is 46.4 Å². The van der Waals surface area contributed by atoms with Gasteiger partial charge in [-0.15, -0.1) is 0 Å². The van der Waals surface area contributed by atoms with Crippen LogP contribution in [0.2, 0.25) is 0 Å². The largest absolute Gasteiger partial charge is 0.508 e. The quantitative estimate of drug-likeness (QED) is 0.0959. The molecule has 2 N–H and O–H groups in total. The average molecular weight is 1090 g/mol. The molecule has 0 heterocycles. The van der Waals surface area contributed by atoms with Crippen molar-refractivity contribution in [3.63, 3.8) is 0 Å². The number of carbonyl (C=O) groups excluding carboxylic acids is 3. The van der Waals surface area contributed by atoms with E-state index in [0.29, 0.717) is 57.5 Å². The standard InChI is InChI=1S/C19H32O2.C17H25IO4.C14H26O2.C10H14O/c1-6-18(4,5)17(20)21-19(12(2)3)15-8-13-7-14(10-15)11-16(19)9-13;1-7-16(3,4)15(20)22-17(5,8-2)11-9-12(18)14(19)13(10-11)21-6;1-6-13(4,5)12(15)16-14(11(2)3)9-7-8-10-14;1-3-8(2)9-4-6-10(11)7-5-9/h12-16H,6-11H2,1-5H3;9-10,19H,7-8H2,1-6H3;11H,6-10H2,1-5H3;4-8,11H,3H2,1-2H3. The van der Waals surface area contributed by atoms with Gasteiger partial charge in [0.25, 0.3) is 0 Å². The summed E-state index contributed by atoms with van der Waals surface area (Å²) in [5, 5.41) is 19.0. The van der Waals surface area contributed by atoms with Gasteiger partial charge in [-0.1, -0.05) is 81.4 Å². The van der Waals surface area contributed by atoms with Crippen LogP contribution in [0.3, 0.4) is 0 Å². The Morgan fingerprint density at radius 1 is 0.657 bits per heavy atom. The van der Waals surface area contributed by atoms with Gasteiger partial charge in [-0.25, -0.2) is 0 Å². The van der Waals surface area contributed by atoms with Gasteiger partial charge < -0.3 is 29.2 Å². The van der Waals surface area contributed by atoms with Gasteiger partial charge in [0.05, 0.1) is 26.9 Å². The predicted molar refractivity (Wildman–Crippen MR) is 293 cm³/mol. The first kappa shape index (κ1) is 61.3. The number of methoxy groups -OCH3 is 1. The highest BCUT2D eigenvalue weighted by Crippen LogP contribution is 2.62. The van der Waals surface area contributed by atoms with Crippen LogP contribution < -0.4 is 4.74 Å². The summed E-state index contributed by atoms with van der Waals surface area (Å²) < 4.78 is 24.0. The molecule has 398 valence electrons. The number of hydrogen-bond acceptors (Lipinski definition) is 9. The summed E-state index contributed by atoms with van der Waals surface area (Å²) in [6.45, 7) is 34.9. The van der Waals surface area contributed by atoms with Gasteiger partial charge in [0.2, 0.25) is 0 Å². The summed E-state index contributed by atoms with van der Waals surface area (Å²) in [6, 6.07) is 11.0. The topological polar surface area (TPSA) is 129 Å². The van der Waals surface area contributed by atoms with Crippen molar-refractivity contribution >= 4 is 40.5 Å². The Morgan fingerprint density at radius 3 is 1.51 bits per heavy atom. The molecule has 0 spiro atoms. The van der Waals surface area contributed by atoms with Gasteiger partial charge in [-0.2, -0.15) is 0 Å². The molecule has 70 heavy (non-hydrogen) atoms. The minimum atomic E-state index is -0.759. The van der Waals surface area contributed by atoms with Crippen LogP contribution in [-0.2, 0) is 34.2 Å². The highest BCUT2D eigenvalue weighted by molar-refractivity contribution is 14.1. The van der Waals surface area contributed by atoms with Crippen LogP contribution in [0.5, 0.6) is 17.2 Å². The van der Waals surface area contributed by atoms with Crippen molar-refractivity contribution in [2.24, 2.45) is 51.8 Å². The zero-order chi connectivity index (χ0) is 53.2. The summed E-state index contributed by atoms with van der Waals surface area (Å²) in [7, 11) is 1.50. The fourth-order valence-electron chi connectivity index (χ4n) is 10.7. The molecule has 9 nitrogen and oxygen atoms in total. The fraction of sp³-hybridized carbons (Fsp3) is 0.750. The SMILES string of the molecule is CCC(C)(C)C(=O)OC(C)(CC)c1cc(I)c(O)c(OC)c1.CCC(C)(C)C(=O)OC1(C(C)C)C2CC3CC(C2)CC1C3.CCC(C)(C)C(=O)OC1(C(C)C)CCCC1.CCC(C)c1ccc(O)cc1. The van der Waals surface area contributed by atoms with Crippen LogP contribution >= 0.6 is 22.6 Å². The van der Waals surface area contributed by atoms with E-state index in [9.17, 15) is 19.5 Å². The van der Waals surface area contributed by atoms with Gasteiger partial charge in [0.15, 0.2) is 11.5 Å². The number of phenols is 2. The number of hydrogen-bond donors (Lipinski definition) is 2. The first-order valence-electron chi connectivity index (χ1n) is 27.0. The van der Waals surface area contributed by atoms with E-state index in [1.165, 1.54) is 57.6 Å². The summed E-state index contributed by atoms with van der Waals surface area (Å²) >= 11 is 2.04. The second-order valence-electron chi connectivity index (χ2n) is 24.1. The molecule has 10 heteroatoms. The maximum atomic E-state index is 12.8. The number of esters is 3. The minimum absolute atomic E-state index is 0.0226. The van der Waals surface area contributed by atoms with Crippen molar-refractivity contribution in [3.8, 4) is 17.2 Å². The molecule has 2 aromatic rings. The van der Waals surface area contributed by atoms with Gasteiger partial charge >= 0.3 is 17.9 Å². The molecule has 2 aromatic carbocycles. The Morgan fingerprint density at radius 2 is 1.11 bits per heavy atom. The van der Waals surface area contributed by atoms with E-state index in [0.717, 1.165) is 49.5 Å². The van der Waals surface area contributed by atoms with Crippen LogP contribution in [0.4, 0.5) is 0 Å². The van der Waals surface area contributed by atoms with Crippen LogP contribution in [0.15, 0.2) is 36.4 Å². The van der Waals surface area contributed by atoms with Crippen molar-refractivity contribution in [2.75, 3.05) is 7.11 Å².